The summed E-state index contributed by atoms with van der Waals surface area (Å²) < 4.78 is 7.22. The molecule has 0 radical (unpaired) electrons. The van der Waals surface area contributed by atoms with Crippen molar-refractivity contribution in [3.8, 4) is 0 Å². The zero-order valence-corrected chi connectivity index (χ0v) is 16.1. The van der Waals surface area contributed by atoms with Crippen LogP contribution in [-0.2, 0) is 18.9 Å². The number of benzene rings is 1. The highest BCUT2D eigenvalue weighted by Crippen LogP contribution is 2.53. The second-order valence-electron chi connectivity index (χ2n) is 5.46. The van der Waals surface area contributed by atoms with Gasteiger partial charge in [0.15, 0.2) is 0 Å². The first-order chi connectivity index (χ1) is 10.5. The van der Waals surface area contributed by atoms with Crippen LogP contribution in [0.4, 0.5) is 0 Å². The molecule has 0 saturated heterocycles. The third-order valence-corrected chi connectivity index (χ3v) is 10.0. The van der Waals surface area contributed by atoms with E-state index in [4.69, 9.17) is 11.8 Å². The van der Waals surface area contributed by atoms with E-state index in [0.717, 1.165) is 26.2 Å². The lowest BCUT2D eigenvalue weighted by Crippen LogP contribution is -2.36. The van der Waals surface area contributed by atoms with Crippen molar-refractivity contribution in [1.29, 1.82) is 0 Å². The highest BCUT2D eigenvalue weighted by molar-refractivity contribution is 8.16. The first kappa shape index (κ1) is 17.7. The lowest BCUT2D eigenvalue weighted by Gasteiger charge is -2.41. The lowest BCUT2D eigenvalue weighted by molar-refractivity contribution is 0.428. The quantitative estimate of drug-likeness (QED) is 0.713. The van der Waals surface area contributed by atoms with Gasteiger partial charge in [0.25, 0.3) is 0 Å². The predicted molar refractivity (Wildman–Crippen MR) is 103 cm³/mol. The van der Waals surface area contributed by atoms with Gasteiger partial charge in [-0.3, -0.25) is 9.34 Å². The van der Waals surface area contributed by atoms with Crippen molar-refractivity contribution in [1.82, 2.24) is 13.9 Å². The third kappa shape index (κ3) is 2.78. The van der Waals surface area contributed by atoms with Crippen LogP contribution in [0.15, 0.2) is 30.5 Å². The van der Waals surface area contributed by atoms with E-state index in [1.54, 1.807) is 0 Å². The van der Waals surface area contributed by atoms with Crippen LogP contribution in [0.2, 0.25) is 0 Å². The molecule has 0 spiro atoms. The molecule has 0 bridgehead atoms. The van der Waals surface area contributed by atoms with Gasteiger partial charge in [-0.2, -0.15) is 0 Å². The van der Waals surface area contributed by atoms with Crippen LogP contribution in [0.1, 0.15) is 27.7 Å². The molecule has 1 aromatic carbocycles. The number of para-hydroxylation sites is 1. The summed E-state index contributed by atoms with van der Waals surface area (Å²) in [5.41, 5.74) is 1.27. The van der Waals surface area contributed by atoms with Crippen LogP contribution in [0.5, 0.6) is 0 Å². The lowest BCUT2D eigenvalue weighted by atomic mass is 10.2. The molecule has 0 aliphatic heterocycles. The number of aromatic nitrogens is 1. The average Bonchev–Trinajstić information content (AvgIpc) is 2.88. The summed E-state index contributed by atoms with van der Waals surface area (Å²) in [5.74, 6) is 0. The van der Waals surface area contributed by atoms with Crippen molar-refractivity contribution in [2.75, 3.05) is 26.2 Å². The Labute approximate surface area is 140 Å². The van der Waals surface area contributed by atoms with E-state index < -0.39 is 6.34 Å². The van der Waals surface area contributed by atoms with Gasteiger partial charge in [-0.1, -0.05) is 57.7 Å². The molecule has 22 heavy (non-hydrogen) atoms. The van der Waals surface area contributed by atoms with Crippen LogP contribution in [0, 0.1) is 0 Å². The zero-order valence-electron chi connectivity index (χ0n) is 14.4. The summed E-state index contributed by atoms with van der Waals surface area (Å²) in [4.78, 5) is 0. The number of aryl methyl sites for hydroxylation is 1. The molecule has 3 nitrogen and oxygen atoms in total. The first-order valence-electron chi connectivity index (χ1n) is 8.19. The summed E-state index contributed by atoms with van der Waals surface area (Å²) in [6.45, 7) is 12.9. The highest BCUT2D eigenvalue weighted by atomic mass is 32.4. The summed E-state index contributed by atoms with van der Waals surface area (Å²) >= 11 is 6.40. The van der Waals surface area contributed by atoms with Gasteiger partial charge in [0, 0.05) is 55.6 Å². The summed E-state index contributed by atoms with van der Waals surface area (Å²) in [7, 11) is 2.12. The number of fused-ring (bicyclic) bond motifs is 1. The molecular formula is C17H28N3PS. The Morgan fingerprint density at radius 1 is 0.955 bits per heavy atom. The van der Waals surface area contributed by atoms with Gasteiger partial charge in [-0.05, 0) is 6.07 Å². The molecule has 0 aliphatic rings. The minimum Gasteiger partial charge on any atom is -0.350 e. The Bertz CT molecular complexity index is 656. The van der Waals surface area contributed by atoms with Gasteiger partial charge >= 0.3 is 0 Å². The first-order valence-corrected chi connectivity index (χ1v) is 10.9. The number of rotatable bonds is 7. The fraction of sp³-hybridized carbons (Fsp3) is 0.529. The molecule has 1 heterocycles. The molecule has 5 heteroatoms. The van der Waals surface area contributed by atoms with E-state index in [1.165, 1.54) is 16.2 Å². The molecule has 2 rings (SSSR count). The van der Waals surface area contributed by atoms with Crippen LogP contribution in [0.25, 0.3) is 10.9 Å². The minimum absolute atomic E-state index is 0.994. The maximum atomic E-state index is 6.40. The predicted octanol–water partition coefficient (Wildman–Crippen LogP) is 3.80. The fourth-order valence-corrected chi connectivity index (χ4v) is 8.40. The van der Waals surface area contributed by atoms with Crippen molar-refractivity contribution in [2.45, 2.75) is 27.7 Å². The summed E-state index contributed by atoms with van der Waals surface area (Å²) in [5, 5.41) is 2.65. The smallest absolute Gasteiger partial charge is 0.109 e. The van der Waals surface area contributed by atoms with Gasteiger partial charge in [0.2, 0.25) is 0 Å². The molecule has 122 valence electrons. The second kappa shape index (κ2) is 7.27. The van der Waals surface area contributed by atoms with E-state index in [1.807, 2.05) is 0 Å². The van der Waals surface area contributed by atoms with E-state index in [2.05, 4.69) is 79.1 Å². The summed E-state index contributed by atoms with van der Waals surface area (Å²) in [6, 6.07) is 8.63. The summed E-state index contributed by atoms with van der Waals surface area (Å²) in [6.07, 6.45) is 0.328. The van der Waals surface area contributed by atoms with E-state index >= 15 is 0 Å². The van der Waals surface area contributed by atoms with E-state index in [9.17, 15) is 0 Å². The van der Waals surface area contributed by atoms with Gasteiger partial charge in [0.05, 0.1) is 0 Å². The van der Waals surface area contributed by atoms with Crippen molar-refractivity contribution in [2.24, 2.45) is 7.05 Å². The Morgan fingerprint density at radius 2 is 1.45 bits per heavy atom. The van der Waals surface area contributed by atoms with Crippen LogP contribution in [0.3, 0.4) is 0 Å². The molecule has 0 unspecified atom stereocenters. The molecule has 0 fully saturated rings. The minimum atomic E-state index is -1.94. The zero-order chi connectivity index (χ0) is 16.3. The number of hydrogen-bond acceptors (Lipinski definition) is 1. The molecule has 2 aromatic rings. The van der Waals surface area contributed by atoms with Gasteiger partial charge in [-0.25, -0.2) is 0 Å². The highest BCUT2D eigenvalue weighted by Gasteiger charge is 2.33. The SMILES string of the molecule is CCN(CC)P(=S)(c1cn(C)c2ccccc12)N(CC)CC. The van der Waals surface area contributed by atoms with Crippen LogP contribution < -0.4 is 5.30 Å². The maximum absolute atomic E-state index is 6.40. The van der Waals surface area contributed by atoms with Crippen molar-refractivity contribution in [3.63, 3.8) is 0 Å². The van der Waals surface area contributed by atoms with E-state index in [-0.39, 0.29) is 0 Å². The Kier molecular flexibility index (Phi) is 5.84. The Balaban J connectivity index is 2.74. The van der Waals surface area contributed by atoms with Crippen molar-refractivity contribution in [3.05, 3.63) is 30.5 Å². The second-order valence-corrected chi connectivity index (χ2v) is 9.69. The normalized spacial score (nSPS) is 12.7. The standard InChI is InChI=1S/C17H28N3PS/c1-6-19(7-2)21(22,20(8-3)9-4)17-14-18(5)16-13-11-10-12-15(16)17/h10-14H,6-9H2,1-5H3. The monoisotopic (exact) mass is 337 g/mol. The molecule has 0 amide bonds. The molecule has 0 saturated carbocycles. The number of nitrogens with zero attached hydrogens (tertiary/aromatic N) is 3. The number of hydrogen-bond donors (Lipinski definition) is 0. The Hall–Kier alpha value is -0.670. The molecule has 1 aromatic heterocycles. The maximum Gasteiger partial charge on any atom is 0.109 e. The van der Waals surface area contributed by atoms with Crippen LogP contribution >= 0.6 is 6.34 Å². The largest absolute Gasteiger partial charge is 0.350 e. The molecular weight excluding hydrogens is 309 g/mol. The molecule has 0 N–H and O–H groups in total. The van der Waals surface area contributed by atoms with Crippen LogP contribution in [-0.4, -0.2) is 40.1 Å². The van der Waals surface area contributed by atoms with Gasteiger partial charge in [0.1, 0.15) is 6.34 Å². The fourth-order valence-electron chi connectivity index (χ4n) is 3.25. The Morgan fingerprint density at radius 3 is 1.95 bits per heavy atom. The molecule has 0 atom stereocenters. The van der Waals surface area contributed by atoms with Gasteiger partial charge < -0.3 is 4.57 Å². The van der Waals surface area contributed by atoms with Crippen molar-refractivity contribution >= 4 is 34.4 Å². The average molecular weight is 337 g/mol. The topological polar surface area (TPSA) is 11.4 Å². The van der Waals surface area contributed by atoms with Gasteiger partial charge in [-0.15, -0.1) is 0 Å². The third-order valence-electron chi connectivity index (χ3n) is 4.42. The van der Waals surface area contributed by atoms with Crippen molar-refractivity contribution < 1.29 is 0 Å². The van der Waals surface area contributed by atoms with E-state index in [0.29, 0.717) is 0 Å². The molecule has 0 aliphatic carbocycles.